The van der Waals surface area contributed by atoms with Crippen molar-refractivity contribution in [2.75, 3.05) is 26.1 Å². The summed E-state index contributed by atoms with van der Waals surface area (Å²) < 4.78 is 11.0. The maximum Gasteiger partial charge on any atom is 0.119 e. The molecule has 1 aromatic rings. The zero-order valence-electron chi connectivity index (χ0n) is 10.9. The lowest BCUT2D eigenvalue weighted by atomic mass is 10.1. The number of hydrogen-bond donors (Lipinski definition) is 0. The maximum atomic E-state index is 5.89. The van der Waals surface area contributed by atoms with Crippen molar-refractivity contribution < 1.29 is 9.47 Å². The van der Waals surface area contributed by atoms with Crippen molar-refractivity contribution in [3.63, 3.8) is 0 Å². The minimum atomic E-state index is 0.140. The fraction of sp³-hybridized carbons (Fsp3) is 0.571. The highest BCUT2D eigenvalue weighted by atomic mass is 35.5. The predicted molar refractivity (Wildman–Crippen MR) is 73.3 cm³/mol. The van der Waals surface area contributed by atoms with Crippen LogP contribution in [-0.4, -0.2) is 43.2 Å². The molecule has 0 radical (unpaired) electrons. The van der Waals surface area contributed by atoms with E-state index in [1.165, 1.54) is 5.56 Å². The van der Waals surface area contributed by atoms with Gasteiger partial charge < -0.3 is 9.47 Å². The molecule has 1 saturated heterocycles. The van der Waals surface area contributed by atoms with Gasteiger partial charge in [0.05, 0.1) is 19.3 Å². The number of halogens is 1. The van der Waals surface area contributed by atoms with Crippen molar-refractivity contribution >= 4 is 11.6 Å². The van der Waals surface area contributed by atoms with Crippen molar-refractivity contribution in [2.45, 2.75) is 25.7 Å². The van der Waals surface area contributed by atoms with Crippen molar-refractivity contribution in [3.05, 3.63) is 29.8 Å². The topological polar surface area (TPSA) is 21.7 Å². The van der Waals surface area contributed by atoms with E-state index in [1.54, 1.807) is 7.11 Å². The number of methoxy groups -OCH3 is 1. The number of benzene rings is 1. The highest BCUT2D eigenvalue weighted by molar-refractivity contribution is 6.18. The van der Waals surface area contributed by atoms with E-state index in [0.29, 0.717) is 5.88 Å². The van der Waals surface area contributed by atoms with Crippen LogP contribution in [0.1, 0.15) is 12.5 Å². The molecule has 1 aliphatic rings. The molecule has 2 rings (SSSR count). The summed E-state index contributed by atoms with van der Waals surface area (Å²) in [6, 6.07) is 8.19. The third kappa shape index (κ3) is 3.61. The first-order chi connectivity index (χ1) is 8.71. The summed E-state index contributed by atoms with van der Waals surface area (Å²) in [6.45, 7) is 4.85. The quantitative estimate of drug-likeness (QED) is 0.784. The first-order valence-electron chi connectivity index (χ1n) is 6.28. The summed E-state index contributed by atoms with van der Waals surface area (Å²) >= 11 is 5.89. The van der Waals surface area contributed by atoms with Gasteiger partial charge in [-0.15, -0.1) is 11.6 Å². The third-order valence-corrected chi connectivity index (χ3v) is 3.46. The number of ether oxygens (including phenoxy) is 2. The molecule has 0 N–H and O–H groups in total. The van der Waals surface area contributed by atoms with Crippen LogP contribution in [0.5, 0.6) is 5.75 Å². The lowest BCUT2D eigenvalue weighted by molar-refractivity contribution is -0.0688. The van der Waals surface area contributed by atoms with Crippen LogP contribution in [-0.2, 0) is 11.3 Å². The van der Waals surface area contributed by atoms with Gasteiger partial charge in [-0.3, -0.25) is 4.90 Å². The Morgan fingerprint density at radius 3 is 3.00 bits per heavy atom. The van der Waals surface area contributed by atoms with Gasteiger partial charge in [0.15, 0.2) is 0 Å². The summed E-state index contributed by atoms with van der Waals surface area (Å²) in [7, 11) is 1.69. The normalized spacial score (nSPS) is 25.1. The SMILES string of the molecule is COc1cccc(CN2CC(C)OC(CCl)C2)c1. The number of rotatable bonds is 4. The Balaban J connectivity index is 1.99. The molecule has 0 spiro atoms. The average Bonchev–Trinajstić information content (AvgIpc) is 2.38. The van der Waals surface area contributed by atoms with E-state index in [2.05, 4.69) is 24.0 Å². The predicted octanol–water partition coefficient (Wildman–Crippen LogP) is 2.52. The molecule has 3 nitrogen and oxygen atoms in total. The Hall–Kier alpha value is -0.770. The number of morpholine rings is 1. The zero-order valence-corrected chi connectivity index (χ0v) is 11.7. The molecular formula is C14H20ClNO2. The number of alkyl halides is 1. The van der Waals surface area contributed by atoms with E-state index in [9.17, 15) is 0 Å². The minimum absolute atomic E-state index is 0.140. The highest BCUT2D eigenvalue weighted by Crippen LogP contribution is 2.18. The van der Waals surface area contributed by atoms with Crippen molar-refractivity contribution in [3.8, 4) is 5.75 Å². The molecule has 100 valence electrons. The van der Waals surface area contributed by atoms with Gasteiger partial charge in [-0.05, 0) is 24.6 Å². The molecule has 0 aliphatic carbocycles. The first-order valence-corrected chi connectivity index (χ1v) is 6.81. The molecule has 2 atom stereocenters. The molecule has 1 heterocycles. The fourth-order valence-corrected chi connectivity index (χ4v) is 2.55. The molecule has 4 heteroatoms. The van der Waals surface area contributed by atoms with E-state index < -0.39 is 0 Å². The Labute approximate surface area is 114 Å². The smallest absolute Gasteiger partial charge is 0.119 e. The van der Waals surface area contributed by atoms with E-state index in [-0.39, 0.29) is 12.2 Å². The highest BCUT2D eigenvalue weighted by Gasteiger charge is 2.24. The largest absolute Gasteiger partial charge is 0.497 e. The van der Waals surface area contributed by atoms with Crippen molar-refractivity contribution in [1.82, 2.24) is 4.90 Å². The average molecular weight is 270 g/mol. The number of hydrogen-bond acceptors (Lipinski definition) is 3. The second kappa shape index (κ2) is 6.41. The molecule has 0 bridgehead atoms. The molecule has 0 saturated carbocycles. The van der Waals surface area contributed by atoms with Crippen molar-refractivity contribution in [1.29, 1.82) is 0 Å². The van der Waals surface area contributed by atoms with Crippen LogP contribution in [0.4, 0.5) is 0 Å². The van der Waals surface area contributed by atoms with Gasteiger partial charge >= 0.3 is 0 Å². The maximum absolute atomic E-state index is 5.89. The van der Waals surface area contributed by atoms with Gasteiger partial charge in [-0.1, -0.05) is 12.1 Å². The second-order valence-electron chi connectivity index (χ2n) is 4.77. The molecule has 1 fully saturated rings. The Morgan fingerprint density at radius 1 is 1.44 bits per heavy atom. The van der Waals surface area contributed by atoms with Crippen LogP contribution < -0.4 is 4.74 Å². The second-order valence-corrected chi connectivity index (χ2v) is 5.08. The van der Waals surface area contributed by atoms with E-state index in [1.807, 2.05) is 12.1 Å². The Morgan fingerprint density at radius 2 is 2.28 bits per heavy atom. The van der Waals surface area contributed by atoms with Crippen LogP contribution in [0.15, 0.2) is 24.3 Å². The van der Waals surface area contributed by atoms with Crippen molar-refractivity contribution in [2.24, 2.45) is 0 Å². The van der Waals surface area contributed by atoms with Crippen LogP contribution in [0, 0.1) is 0 Å². The first kappa shape index (κ1) is 13.7. The van der Waals surface area contributed by atoms with Crippen LogP contribution in [0.2, 0.25) is 0 Å². The summed E-state index contributed by atoms with van der Waals surface area (Å²) in [5.74, 6) is 1.46. The number of nitrogens with zero attached hydrogens (tertiary/aromatic N) is 1. The van der Waals surface area contributed by atoms with Gasteiger partial charge in [0, 0.05) is 25.5 Å². The molecule has 18 heavy (non-hydrogen) atoms. The molecular weight excluding hydrogens is 250 g/mol. The molecule has 0 aromatic heterocycles. The monoisotopic (exact) mass is 269 g/mol. The summed E-state index contributed by atoms with van der Waals surface area (Å²) in [5.41, 5.74) is 1.26. The third-order valence-electron chi connectivity index (χ3n) is 3.11. The summed E-state index contributed by atoms with van der Waals surface area (Å²) in [4.78, 5) is 2.38. The lowest BCUT2D eigenvalue weighted by Gasteiger charge is -2.36. The molecule has 2 unspecified atom stereocenters. The molecule has 0 amide bonds. The lowest BCUT2D eigenvalue weighted by Crippen LogP contribution is -2.46. The fourth-order valence-electron chi connectivity index (χ4n) is 2.38. The minimum Gasteiger partial charge on any atom is -0.497 e. The van der Waals surface area contributed by atoms with Gasteiger partial charge in [0.2, 0.25) is 0 Å². The van der Waals surface area contributed by atoms with Gasteiger partial charge in [0.25, 0.3) is 0 Å². The Kier molecular flexibility index (Phi) is 4.87. The van der Waals surface area contributed by atoms with Crippen LogP contribution >= 0.6 is 11.6 Å². The van der Waals surface area contributed by atoms with E-state index in [4.69, 9.17) is 21.1 Å². The summed E-state index contributed by atoms with van der Waals surface area (Å²) in [5, 5.41) is 0. The standard InChI is InChI=1S/C14H20ClNO2/c1-11-8-16(10-14(7-15)18-11)9-12-4-3-5-13(6-12)17-2/h3-6,11,14H,7-10H2,1-2H3. The van der Waals surface area contributed by atoms with Gasteiger partial charge in [-0.25, -0.2) is 0 Å². The van der Waals surface area contributed by atoms with Crippen LogP contribution in [0.3, 0.4) is 0 Å². The summed E-state index contributed by atoms with van der Waals surface area (Å²) in [6.07, 6.45) is 0.383. The zero-order chi connectivity index (χ0) is 13.0. The van der Waals surface area contributed by atoms with Gasteiger partial charge in [-0.2, -0.15) is 0 Å². The van der Waals surface area contributed by atoms with E-state index >= 15 is 0 Å². The van der Waals surface area contributed by atoms with E-state index in [0.717, 1.165) is 25.4 Å². The van der Waals surface area contributed by atoms with Gasteiger partial charge in [0.1, 0.15) is 5.75 Å². The molecule has 1 aliphatic heterocycles. The molecule has 1 aromatic carbocycles. The Bertz CT molecular complexity index is 386. The van der Waals surface area contributed by atoms with Crippen LogP contribution in [0.25, 0.3) is 0 Å².